The molecule has 0 bridgehead atoms. The van der Waals surface area contributed by atoms with Crippen LogP contribution in [0.15, 0.2) is 148 Å². The molecule has 0 saturated carbocycles. The Kier molecular flexibility index (Phi) is 4.38. The summed E-state index contributed by atoms with van der Waals surface area (Å²) in [5, 5.41) is 6.15. The second kappa shape index (κ2) is 8.19. The molecule has 0 saturated heterocycles. The van der Waals surface area contributed by atoms with Crippen LogP contribution < -0.4 is 0 Å². The fourth-order valence-corrected chi connectivity index (χ4v) is 8.09. The minimum atomic E-state index is 0.915. The van der Waals surface area contributed by atoms with Crippen LogP contribution in [0.25, 0.3) is 77.3 Å². The summed E-state index contributed by atoms with van der Waals surface area (Å²) in [6, 6.07) is 48.0. The van der Waals surface area contributed by atoms with E-state index in [-0.39, 0.29) is 0 Å². The number of nitrogens with zero attached hydrogens (tertiary/aromatic N) is 2. The van der Waals surface area contributed by atoms with E-state index in [0.717, 1.165) is 27.6 Å². The predicted molar refractivity (Wildman–Crippen MR) is 174 cm³/mol. The van der Waals surface area contributed by atoms with Crippen LogP contribution in [0.2, 0.25) is 0 Å². The molecule has 196 valence electrons. The van der Waals surface area contributed by atoms with Crippen molar-refractivity contribution in [3.63, 3.8) is 0 Å². The molecule has 6 aromatic carbocycles. The minimum absolute atomic E-state index is 0.915. The quantitative estimate of drug-likeness (QED) is 0.212. The highest BCUT2D eigenvalue weighted by molar-refractivity contribution is 7.99. The number of furan rings is 1. The highest BCUT2D eigenvalue weighted by atomic mass is 32.2. The van der Waals surface area contributed by atoms with Crippen LogP contribution >= 0.6 is 11.8 Å². The van der Waals surface area contributed by atoms with Crippen LogP contribution in [0.1, 0.15) is 0 Å². The number of rotatable bonds is 2. The van der Waals surface area contributed by atoms with E-state index in [0.29, 0.717) is 0 Å². The van der Waals surface area contributed by atoms with E-state index in [4.69, 9.17) is 4.42 Å². The molecule has 3 aromatic heterocycles. The third kappa shape index (κ3) is 2.87. The molecule has 4 heteroatoms. The first kappa shape index (κ1) is 22.5. The van der Waals surface area contributed by atoms with Crippen molar-refractivity contribution < 1.29 is 4.42 Å². The van der Waals surface area contributed by atoms with Gasteiger partial charge in [0.25, 0.3) is 0 Å². The Morgan fingerprint density at radius 3 is 2.24 bits per heavy atom. The molecule has 42 heavy (non-hydrogen) atoms. The zero-order valence-electron chi connectivity index (χ0n) is 22.4. The molecule has 0 amide bonds. The van der Waals surface area contributed by atoms with Crippen molar-refractivity contribution in [3.8, 4) is 22.5 Å². The van der Waals surface area contributed by atoms with Crippen LogP contribution in [0.5, 0.6) is 0 Å². The van der Waals surface area contributed by atoms with E-state index in [1.807, 2.05) is 23.9 Å². The molecule has 1 aliphatic heterocycles. The van der Waals surface area contributed by atoms with Crippen molar-refractivity contribution in [1.82, 2.24) is 9.13 Å². The van der Waals surface area contributed by atoms with Crippen molar-refractivity contribution in [3.05, 3.63) is 133 Å². The van der Waals surface area contributed by atoms with Gasteiger partial charge in [-0.15, -0.1) is 0 Å². The largest absolute Gasteiger partial charge is 0.456 e. The van der Waals surface area contributed by atoms with Gasteiger partial charge in [0.15, 0.2) is 0 Å². The van der Waals surface area contributed by atoms with Crippen molar-refractivity contribution in [1.29, 1.82) is 0 Å². The van der Waals surface area contributed by atoms with Gasteiger partial charge < -0.3 is 4.42 Å². The first-order valence-electron chi connectivity index (χ1n) is 14.2. The molecule has 9 aromatic rings. The fraction of sp³-hybridized carbons (Fsp3) is 0. The lowest BCUT2D eigenvalue weighted by atomic mass is 9.98. The minimum Gasteiger partial charge on any atom is -0.456 e. The second-order valence-corrected chi connectivity index (χ2v) is 12.0. The monoisotopic (exact) mass is 554 g/mol. The Balaban J connectivity index is 1.38. The first-order valence-corrected chi connectivity index (χ1v) is 15.0. The summed E-state index contributed by atoms with van der Waals surface area (Å²) in [5.74, 6) is 0. The van der Waals surface area contributed by atoms with Crippen LogP contribution in [0.4, 0.5) is 0 Å². The van der Waals surface area contributed by atoms with Crippen LogP contribution in [-0.2, 0) is 0 Å². The van der Waals surface area contributed by atoms with Gasteiger partial charge in [-0.3, -0.25) is 9.13 Å². The Morgan fingerprint density at radius 2 is 1.29 bits per heavy atom. The molecule has 0 radical (unpaired) electrons. The van der Waals surface area contributed by atoms with Crippen LogP contribution in [0.3, 0.4) is 0 Å². The molecular weight excluding hydrogens is 532 g/mol. The standard InChI is InChI=1S/C38H22N2OS/c1-2-10-24(11-3-1)39-30-22-23(25-13-8-17-32-35(25)27-12-4-6-16-31(27)41-32)20-21-26(30)36-28-14-9-19-34-37(28)40(38(36)39)29-15-5-7-18-33(29)42-34/h1-22H. The Hall–Kier alpha value is -5.19. The second-order valence-electron chi connectivity index (χ2n) is 10.9. The maximum atomic E-state index is 6.25. The Labute approximate surface area is 245 Å². The van der Waals surface area contributed by atoms with Crippen molar-refractivity contribution in [2.45, 2.75) is 9.79 Å². The van der Waals surface area contributed by atoms with Crippen molar-refractivity contribution in [2.75, 3.05) is 0 Å². The van der Waals surface area contributed by atoms with E-state index >= 15 is 0 Å². The molecule has 3 nitrogen and oxygen atoms in total. The van der Waals surface area contributed by atoms with Gasteiger partial charge in [-0.25, -0.2) is 0 Å². The van der Waals surface area contributed by atoms with E-state index < -0.39 is 0 Å². The summed E-state index contributed by atoms with van der Waals surface area (Å²) in [6.07, 6.45) is 0. The highest BCUT2D eigenvalue weighted by Crippen LogP contribution is 2.50. The Morgan fingerprint density at radius 1 is 0.524 bits per heavy atom. The molecule has 0 aliphatic carbocycles. The molecule has 1 aliphatic rings. The van der Waals surface area contributed by atoms with Gasteiger partial charge in [0, 0.05) is 42.4 Å². The summed E-state index contributed by atoms with van der Waals surface area (Å²) in [4.78, 5) is 2.57. The van der Waals surface area contributed by atoms with Gasteiger partial charge in [0.05, 0.1) is 16.7 Å². The number of hydrogen-bond acceptors (Lipinski definition) is 2. The number of fused-ring (bicyclic) bond motifs is 10. The zero-order valence-corrected chi connectivity index (χ0v) is 23.2. The predicted octanol–water partition coefficient (Wildman–Crippen LogP) is 10.8. The van der Waals surface area contributed by atoms with Crippen molar-refractivity contribution in [2.24, 2.45) is 0 Å². The maximum absolute atomic E-state index is 6.25. The van der Waals surface area contributed by atoms with Crippen molar-refractivity contribution >= 4 is 66.5 Å². The third-order valence-corrected chi connectivity index (χ3v) is 9.82. The normalized spacial score (nSPS) is 12.7. The fourth-order valence-electron chi connectivity index (χ4n) is 7.00. The van der Waals surface area contributed by atoms with Crippen LogP contribution in [0, 0.1) is 0 Å². The van der Waals surface area contributed by atoms with Gasteiger partial charge in [0.2, 0.25) is 0 Å². The topological polar surface area (TPSA) is 23.0 Å². The third-order valence-electron chi connectivity index (χ3n) is 8.70. The average molecular weight is 555 g/mol. The van der Waals surface area contributed by atoms with E-state index in [1.165, 1.54) is 59.4 Å². The van der Waals surface area contributed by atoms with E-state index in [9.17, 15) is 0 Å². The number of para-hydroxylation sites is 4. The lowest BCUT2D eigenvalue weighted by Crippen LogP contribution is -2.05. The molecule has 0 unspecified atom stereocenters. The highest BCUT2D eigenvalue weighted by Gasteiger charge is 2.28. The first-order chi connectivity index (χ1) is 20.8. The average Bonchev–Trinajstić information content (AvgIpc) is 3.70. The lowest BCUT2D eigenvalue weighted by molar-refractivity contribution is 0.669. The summed E-state index contributed by atoms with van der Waals surface area (Å²) in [7, 11) is 0. The summed E-state index contributed by atoms with van der Waals surface area (Å²) >= 11 is 1.86. The van der Waals surface area contributed by atoms with Gasteiger partial charge in [-0.05, 0) is 59.7 Å². The van der Waals surface area contributed by atoms with Gasteiger partial charge >= 0.3 is 0 Å². The lowest BCUT2D eigenvalue weighted by Gasteiger charge is -2.21. The molecular formula is C38H22N2OS. The zero-order chi connectivity index (χ0) is 27.4. The molecule has 0 fully saturated rings. The molecule has 0 spiro atoms. The Bertz CT molecular complexity index is 2550. The van der Waals surface area contributed by atoms with E-state index in [1.54, 1.807) is 0 Å². The smallest absolute Gasteiger partial charge is 0.136 e. The van der Waals surface area contributed by atoms with E-state index in [2.05, 4.69) is 130 Å². The van der Waals surface area contributed by atoms with Gasteiger partial charge in [0.1, 0.15) is 16.8 Å². The maximum Gasteiger partial charge on any atom is 0.136 e. The number of hydrogen-bond donors (Lipinski definition) is 0. The summed E-state index contributed by atoms with van der Waals surface area (Å²) in [5.41, 5.74) is 10.3. The summed E-state index contributed by atoms with van der Waals surface area (Å²) in [6.45, 7) is 0. The van der Waals surface area contributed by atoms with Crippen LogP contribution in [-0.4, -0.2) is 9.13 Å². The molecule has 4 heterocycles. The summed E-state index contributed by atoms with van der Waals surface area (Å²) < 4.78 is 11.2. The molecule has 0 N–H and O–H groups in total. The molecule has 10 rings (SSSR count). The number of aromatic nitrogens is 2. The SMILES string of the molecule is c1ccc(-n2c3cc(-c4cccc5oc6ccccc6c45)ccc3c3c4cccc5c4n(c32)-c2ccccc2S5)cc1. The van der Waals surface area contributed by atoms with Gasteiger partial charge in [-0.2, -0.15) is 0 Å². The van der Waals surface area contributed by atoms with Gasteiger partial charge in [-0.1, -0.05) is 96.7 Å². The number of benzene rings is 6. The molecule has 0 atom stereocenters.